The molecule has 0 fully saturated rings. The molecule has 2 aromatic rings. The van der Waals surface area contributed by atoms with Gasteiger partial charge in [0.2, 0.25) is 5.13 Å². The quantitative estimate of drug-likeness (QED) is 0.832. The van der Waals surface area contributed by atoms with Gasteiger partial charge in [0.25, 0.3) is 0 Å². The molecule has 1 N–H and O–H groups in total. The molecule has 0 spiro atoms. The lowest BCUT2D eigenvalue weighted by Gasteiger charge is -2.04. The van der Waals surface area contributed by atoms with Gasteiger partial charge in [0, 0.05) is 18.4 Å². The topological polar surface area (TPSA) is 50.7 Å². The van der Waals surface area contributed by atoms with E-state index in [1.807, 2.05) is 13.0 Å². The Kier molecular flexibility index (Phi) is 2.69. The summed E-state index contributed by atoms with van der Waals surface area (Å²) in [5.74, 6) is 0. The molecule has 0 unspecified atom stereocenters. The van der Waals surface area contributed by atoms with Crippen LogP contribution in [0.4, 0.5) is 5.13 Å². The van der Waals surface area contributed by atoms with Crippen LogP contribution < -0.4 is 5.32 Å². The number of aryl methyl sites for hydroxylation is 1. The Morgan fingerprint density at radius 1 is 1.50 bits per heavy atom. The summed E-state index contributed by atoms with van der Waals surface area (Å²) in [5.41, 5.74) is 3.94. The minimum absolute atomic E-state index is 0.745. The van der Waals surface area contributed by atoms with E-state index < -0.39 is 0 Å². The van der Waals surface area contributed by atoms with Gasteiger partial charge in [-0.3, -0.25) is 4.98 Å². The molecule has 14 heavy (non-hydrogen) atoms. The molecule has 0 saturated heterocycles. The van der Waals surface area contributed by atoms with Crippen LogP contribution in [-0.2, 0) is 6.54 Å². The molecule has 0 radical (unpaired) electrons. The maximum atomic E-state index is 4.21. The summed E-state index contributed by atoms with van der Waals surface area (Å²) in [5, 5.41) is 11.7. The van der Waals surface area contributed by atoms with E-state index in [4.69, 9.17) is 0 Å². The molecule has 0 aliphatic carbocycles. The number of hydrogen-bond donors (Lipinski definition) is 1. The summed E-state index contributed by atoms with van der Waals surface area (Å²) >= 11 is 1.49. The fourth-order valence-electron chi connectivity index (χ4n) is 1.13. The summed E-state index contributed by atoms with van der Waals surface area (Å²) in [6.45, 7) is 2.74. The van der Waals surface area contributed by atoms with E-state index in [1.54, 1.807) is 11.7 Å². The van der Waals surface area contributed by atoms with E-state index in [-0.39, 0.29) is 0 Å². The van der Waals surface area contributed by atoms with Crippen molar-refractivity contribution in [3.05, 3.63) is 35.1 Å². The van der Waals surface area contributed by atoms with Crippen LogP contribution in [-0.4, -0.2) is 15.2 Å². The van der Waals surface area contributed by atoms with Crippen molar-refractivity contribution in [2.45, 2.75) is 13.5 Å². The zero-order chi connectivity index (χ0) is 9.80. The number of nitrogens with one attached hydrogen (secondary N) is 1. The first-order valence-corrected chi connectivity index (χ1v) is 5.15. The highest BCUT2D eigenvalue weighted by atomic mass is 32.1. The van der Waals surface area contributed by atoms with Crippen molar-refractivity contribution in [1.82, 2.24) is 15.2 Å². The number of hydrogen-bond acceptors (Lipinski definition) is 5. The standard InChI is InChI=1S/C9H10N4S/c1-7-8(3-2-4-10-7)5-11-9-13-12-6-14-9/h2-4,6H,5H2,1H3,(H,11,13). The Bertz CT molecular complexity index is 399. The van der Waals surface area contributed by atoms with Crippen LogP contribution in [0.1, 0.15) is 11.3 Å². The van der Waals surface area contributed by atoms with Crippen molar-refractivity contribution in [3.63, 3.8) is 0 Å². The highest BCUT2D eigenvalue weighted by Crippen LogP contribution is 2.11. The molecule has 2 aromatic heterocycles. The largest absolute Gasteiger partial charge is 0.356 e. The number of nitrogens with zero attached hydrogens (tertiary/aromatic N) is 3. The van der Waals surface area contributed by atoms with Gasteiger partial charge in [-0.05, 0) is 18.6 Å². The lowest BCUT2D eigenvalue weighted by molar-refractivity contribution is 1.02. The number of pyridine rings is 1. The smallest absolute Gasteiger partial charge is 0.205 e. The molecular weight excluding hydrogens is 196 g/mol. The van der Waals surface area contributed by atoms with Crippen molar-refractivity contribution in [2.24, 2.45) is 0 Å². The molecule has 0 saturated carbocycles. The van der Waals surface area contributed by atoms with Crippen LogP contribution >= 0.6 is 11.3 Å². The summed E-state index contributed by atoms with van der Waals surface area (Å²) in [7, 11) is 0. The Hall–Kier alpha value is -1.49. The highest BCUT2D eigenvalue weighted by molar-refractivity contribution is 7.13. The molecule has 5 heteroatoms. The SMILES string of the molecule is Cc1ncccc1CNc1nncs1. The number of anilines is 1. The molecule has 2 rings (SSSR count). The third-order valence-electron chi connectivity index (χ3n) is 1.91. The summed E-state index contributed by atoms with van der Waals surface area (Å²) in [4.78, 5) is 4.21. The summed E-state index contributed by atoms with van der Waals surface area (Å²) in [6.07, 6.45) is 1.80. The van der Waals surface area contributed by atoms with Gasteiger partial charge in [-0.1, -0.05) is 17.4 Å². The second kappa shape index (κ2) is 4.15. The minimum atomic E-state index is 0.745. The first kappa shape index (κ1) is 9.08. The van der Waals surface area contributed by atoms with Crippen LogP contribution in [0.3, 0.4) is 0 Å². The Balaban J connectivity index is 2.02. The fourth-order valence-corrected chi connectivity index (χ4v) is 1.57. The lowest BCUT2D eigenvalue weighted by Crippen LogP contribution is -2.01. The van der Waals surface area contributed by atoms with Gasteiger partial charge in [0.15, 0.2) is 0 Å². The minimum Gasteiger partial charge on any atom is -0.356 e. The Labute approximate surface area is 86.0 Å². The molecule has 0 bridgehead atoms. The Morgan fingerprint density at radius 2 is 2.43 bits per heavy atom. The van der Waals surface area contributed by atoms with Crippen LogP contribution in [0.15, 0.2) is 23.8 Å². The van der Waals surface area contributed by atoms with Crippen LogP contribution in [0, 0.1) is 6.92 Å². The molecular formula is C9H10N4S. The first-order chi connectivity index (χ1) is 6.86. The van der Waals surface area contributed by atoms with Gasteiger partial charge in [-0.25, -0.2) is 0 Å². The van der Waals surface area contributed by atoms with Crippen LogP contribution in [0.2, 0.25) is 0 Å². The predicted molar refractivity (Wildman–Crippen MR) is 56.2 cm³/mol. The zero-order valence-corrected chi connectivity index (χ0v) is 8.58. The predicted octanol–water partition coefficient (Wildman–Crippen LogP) is 1.85. The zero-order valence-electron chi connectivity index (χ0n) is 7.77. The lowest BCUT2D eigenvalue weighted by atomic mass is 10.2. The third kappa shape index (κ3) is 2.05. The normalized spacial score (nSPS) is 10.1. The van der Waals surface area contributed by atoms with Crippen LogP contribution in [0.25, 0.3) is 0 Å². The van der Waals surface area contributed by atoms with Crippen molar-refractivity contribution in [3.8, 4) is 0 Å². The van der Waals surface area contributed by atoms with Crippen LogP contribution in [0.5, 0.6) is 0 Å². The van der Waals surface area contributed by atoms with E-state index in [9.17, 15) is 0 Å². The Morgan fingerprint density at radius 3 is 3.14 bits per heavy atom. The fraction of sp³-hybridized carbons (Fsp3) is 0.222. The second-order valence-corrected chi connectivity index (χ2v) is 3.68. The average molecular weight is 206 g/mol. The summed E-state index contributed by atoms with van der Waals surface area (Å²) < 4.78 is 0. The van der Waals surface area contributed by atoms with Crippen molar-refractivity contribution < 1.29 is 0 Å². The second-order valence-electron chi connectivity index (χ2n) is 2.85. The number of rotatable bonds is 3. The molecule has 72 valence electrons. The average Bonchev–Trinajstić information content (AvgIpc) is 2.69. The van der Waals surface area contributed by atoms with E-state index in [0.29, 0.717) is 0 Å². The maximum absolute atomic E-state index is 4.21. The van der Waals surface area contributed by atoms with Gasteiger partial charge in [-0.15, -0.1) is 10.2 Å². The molecule has 0 atom stereocenters. The van der Waals surface area contributed by atoms with Gasteiger partial charge in [-0.2, -0.15) is 0 Å². The molecule has 0 amide bonds. The van der Waals surface area contributed by atoms with Crippen molar-refractivity contribution in [1.29, 1.82) is 0 Å². The number of aromatic nitrogens is 3. The highest BCUT2D eigenvalue weighted by Gasteiger charge is 1.99. The molecule has 0 aromatic carbocycles. The van der Waals surface area contributed by atoms with E-state index in [2.05, 4.69) is 26.6 Å². The molecule has 2 heterocycles. The monoisotopic (exact) mass is 206 g/mol. The first-order valence-electron chi connectivity index (χ1n) is 4.27. The van der Waals surface area contributed by atoms with Gasteiger partial charge in [0.1, 0.15) is 5.51 Å². The van der Waals surface area contributed by atoms with Crippen molar-refractivity contribution >= 4 is 16.5 Å². The van der Waals surface area contributed by atoms with E-state index >= 15 is 0 Å². The molecule has 4 nitrogen and oxygen atoms in total. The van der Waals surface area contributed by atoms with Crippen molar-refractivity contribution in [2.75, 3.05) is 5.32 Å². The molecule has 0 aliphatic rings. The van der Waals surface area contributed by atoms with Gasteiger partial charge in [0.05, 0.1) is 0 Å². The van der Waals surface area contributed by atoms with E-state index in [1.165, 1.54) is 16.9 Å². The van der Waals surface area contributed by atoms with E-state index in [0.717, 1.165) is 17.4 Å². The molecule has 0 aliphatic heterocycles. The van der Waals surface area contributed by atoms with Gasteiger partial charge >= 0.3 is 0 Å². The van der Waals surface area contributed by atoms with Gasteiger partial charge < -0.3 is 5.32 Å². The summed E-state index contributed by atoms with van der Waals surface area (Å²) in [6, 6.07) is 3.99. The third-order valence-corrected chi connectivity index (χ3v) is 2.56. The maximum Gasteiger partial charge on any atom is 0.205 e.